The SMILES string of the molecule is COC(=O)c1ccc(C(=O)NN2CCN(C)CC2)cc1NC(=O)/C=C(/C)c1ccc2ccccc2c1. The second-order valence-electron chi connectivity index (χ2n) is 8.86. The second-order valence-corrected chi connectivity index (χ2v) is 8.86. The summed E-state index contributed by atoms with van der Waals surface area (Å²) < 4.78 is 4.86. The molecule has 1 aliphatic heterocycles. The molecule has 1 aliphatic rings. The number of methoxy groups -OCH3 is 1. The smallest absolute Gasteiger partial charge is 0.339 e. The van der Waals surface area contributed by atoms with E-state index in [9.17, 15) is 14.4 Å². The van der Waals surface area contributed by atoms with Crippen LogP contribution in [0.25, 0.3) is 16.3 Å². The van der Waals surface area contributed by atoms with Crippen LogP contribution < -0.4 is 10.7 Å². The van der Waals surface area contributed by atoms with Crippen LogP contribution in [0.5, 0.6) is 0 Å². The fourth-order valence-corrected chi connectivity index (χ4v) is 4.09. The summed E-state index contributed by atoms with van der Waals surface area (Å²) in [5.74, 6) is -1.33. The Morgan fingerprint density at radius 1 is 0.889 bits per heavy atom. The molecule has 3 aromatic rings. The van der Waals surface area contributed by atoms with Crippen LogP contribution in [0.1, 0.15) is 33.2 Å². The van der Waals surface area contributed by atoms with Gasteiger partial charge in [0.1, 0.15) is 0 Å². The zero-order valence-corrected chi connectivity index (χ0v) is 20.7. The molecular weight excluding hydrogens is 456 g/mol. The summed E-state index contributed by atoms with van der Waals surface area (Å²) in [7, 11) is 3.31. The number of amides is 2. The predicted octanol–water partition coefficient (Wildman–Crippen LogP) is 3.56. The molecule has 0 aliphatic carbocycles. The fraction of sp³-hybridized carbons (Fsp3) is 0.250. The van der Waals surface area contributed by atoms with Crippen LogP contribution in [0, 0.1) is 0 Å². The standard InChI is InChI=1S/C28H30N4O4/c1-19(21-9-8-20-6-4-5-7-22(20)17-21)16-26(33)29-25-18-23(10-11-24(25)28(35)36-3)27(34)30-32-14-12-31(2)13-15-32/h4-11,16-18H,12-15H2,1-3H3,(H,29,33)(H,30,34)/b19-16-. The number of fused-ring (bicyclic) bond motifs is 1. The van der Waals surface area contributed by atoms with Crippen molar-refractivity contribution in [1.82, 2.24) is 15.3 Å². The number of hydrogen-bond acceptors (Lipinski definition) is 6. The van der Waals surface area contributed by atoms with Gasteiger partial charge in [0.25, 0.3) is 5.91 Å². The van der Waals surface area contributed by atoms with Crippen LogP contribution in [0.15, 0.2) is 66.7 Å². The van der Waals surface area contributed by atoms with Crippen molar-refractivity contribution < 1.29 is 19.1 Å². The number of hydrazine groups is 1. The summed E-state index contributed by atoms with van der Waals surface area (Å²) in [5.41, 5.74) is 5.27. The number of nitrogens with zero attached hydrogens (tertiary/aromatic N) is 2. The number of allylic oxidation sites excluding steroid dienone is 1. The third-order valence-electron chi connectivity index (χ3n) is 6.26. The average molecular weight is 487 g/mol. The first-order chi connectivity index (χ1) is 17.3. The maximum absolute atomic E-state index is 12.9. The van der Waals surface area contributed by atoms with Crippen molar-refractivity contribution >= 4 is 39.8 Å². The number of rotatable bonds is 6. The van der Waals surface area contributed by atoms with Crippen LogP contribution in [0.3, 0.4) is 0 Å². The molecule has 1 fully saturated rings. The van der Waals surface area contributed by atoms with Gasteiger partial charge in [-0.3, -0.25) is 15.0 Å². The highest BCUT2D eigenvalue weighted by Crippen LogP contribution is 2.23. The monoisotopic (exact) mass is 486 g/mol. The van der Waals surface area contributed by atoms with E-state index in [4.69, 9.17) is 4.74 Å². The Balaban J connectivity index is 1.53. The Hall–Kier alpha value is -4.01. The minimum Gasteiger partial charge on any atom is -0.465 e. The number of esters is 1. The number of carbonyl (C=O) groups excluding carboxylic acids is 3. The Labute approximate surface area is 210 Å². The lowest BCUT2D eigenvalue weighted by Gasteiger charge is -2.32. The van der Waals surface area contributed by atoms with Gasteiger partial charge in [0.05, 0.1) is 18.4 Å². The summed E-state index contributed by atoms with van der Waals surface area (Å²) in [6.07, 6.45) is 1.47. The Morgan fingerprint density at radius 3 is 2.31 bits per heavy atom. The molecule has 8 heteroatoms. The van der Waals surface area contributed by atoms with Crippen LogP contribution in [-0.4, -0.2) is 68.0 Å². The molecule has 0 unspecified atom stereocenters. The van der Waals surface area contributed by atoms with Crippen LogP contribution in [-0.2, 0) is 9.53 Å². The van der Waals surface area contributed by atoms with Gasteiger partial charge >= 0.3 is 5.97 Å². The molecule has 2 N–H and O–H groups in total. The van der Waals surface area contributed by atoms with Gasteiger partial charge in [-0.05, 0) is 60.1 Å². The largest absolute Gasteiger partial charge is 0.465 e. The molecule has 0 saturated carbocycles. The van der Waals surface area contributed by atoms with Gasteiger partial charge in [0.15, 0.2) is 0 Å². The molecule has 0 spiro atoms. The van der Waals surface area contributed by atoms with E-state index >= 15 is 0 Å². The molecule has 1 saturated heterocycles. The van der Waals surface area contributed by atoms with E-state index in [0.717, 1.165) is 35.0 Å². The minimum atomic E-state index is -0.605. The van der Waals surface area contributed by atoms with Gasteiger partial charge in [0.2, 0.25) is 5.91 Å². The van der Waals surface area contributed by atoms with Crippen LogP contribution in [0.4, 0.5) is 5.69 Å². The molecule has 0 atom stereocenters. The molecule has 36 heavy (non-hydrogen) atoms. The second kappa shape index (κ2) is 11.2. The molecule has 0 radical (unpaired) electrons. The zero-order chi connectivity index (χ0) is 25.7. The molecule has 8 nitrogen and oxygen atoms in total. The van der Waals surface area contributed by atoms with Crippen molar-refractivity contribution in [2.75, 3.05) is 45.7 Å². The maximum Gasteiger partial charge on any atom is 0.339 e. The van der Waals surface area contributed by atoms with Crippen LogP contribution in [0.2, 0.25) is 0 Å². The van der Waals surface area contributed by atoms with Gasteiger partial charge < -0.3 is 15.0 Å². The summed E-state index contributed by atoms with van der Waals surface area (Å²) in [4.78, 5) is 40.2. The van der Waals surface area contributed by atoms with Gasteiger partial charge in [-0.25, -0.2) is 9.80 Å². The first-order valence-electron chi connectivity index (χ1n) is 11.8. The number of ether oxygens (including phenoxy) is 1. The van der Waals surface area contributed by atoms with Gasteiger partial charge in [-0.2, -0.15) is 0 Å². The maximum atomic E-state index is 12.9. The number of benzene rings is 3. The summed E-state index contributed by atoms with van der Waals surface area (Å²) in [6.45, 7) is 4.98. The van der Waals surface area contributed by atoms with Crippen molar-refractivity contribution in [2.24, 2.45) is 0 Å². The Kier molecular flexibility index (Phi) is 7.77. The van der Waals surface area contributed by atoms with Crippen molar-refractivity contribution in [1.29, 1.82) is 0 Å². The van der Waals surface area contributed by atoms with E-state index in [1.165, 1.54) is 25.3 Å². The molecule has 2 amide bonds. The number of hydrogen-bond donors (Lipinski definition) is 2. The summed E-state index contributed by atoms with van der Waals surface area (Å²) >= 11 is 0. The minimum absolute atomic E-state index is 0.166. The lowest BCUT2D eigenvalue weighted by molar-refractivity contribution is -0.111. The molecule has 4 rings (SSSR count). The first kappa shape index (κ1) is 25.1. The molecular formula is C28H30N4O4. The molecule has 1 heterocycles. The molecule has 0 bridgehead atoms. The highest BCUT2D eigenvalue weighted by molar-refractivity contribution is 6.09. The molecule has 186 valence electrons. The van der Waals surface area contributed by atoms with Crippen LogP contribution >= 0.6 is 0 Å². The Bertz CT molecular complexity index is 1330. The van der Waals surface area contributed by atoms with E-state index < -0.39 is 11.9 Å². The summed E-state index contributed by atoms with van der Waals surface area (Å²) in [5, 5.41) is 6.81. The first-order valence-corrected chi connectivity index (χ1v) is 11.8. The number of anilines is 1. The highest BCUT2D eigenvalue weighted by atomic mass is 16.5. The molecule has 0 aromatic heterocycles. The lowest BCUT2D eigenvalue weighted by Crippen LogP contribution is -2.52. The van der Waals surface area contributed by atoms with E-state index in [0.29, 0.717) is 18.7 Å². The van der Waals surface area contributed by atoms with Gasteiger partial charge in [-0.15, -0.1) is 0 Å². The average Bonchev–Trinajstić information content (AvgIpc) is 2.89. The van der Waals surface area contributed by atoms with E-state index in [1.54, 1.807) is 6.07 Å². The van der Waals surface area contributed by atoms with E-state index in [1.807, 2.05) is 61.4 Å². The van der Waals surface area contributed by atoms with Crippen molar-refractivity contribution in [2.45, 2.75) is 6.92 Å². The summed E-state index contributed by atoms with van der Waals surface area (Å²) in [6, 6.07) is 18.5. The lowest BCUT2D eigenvalue weighted by atomic mass is 10.0. The third-order valence-corrected chi connectivity index (χ3v) is 6.26. The Morgan fingerprint density at radius 2 is 1.58 bits per heavy atom. The van der Waals surface area contributed by atoms with Gasteiger partial charge in [-0.1, -0.05) is 36.4 Å². The topological polar surface area (TPSA) is 91.0 Å². The third kappa shape index (κ3) is 5.97. The number of likely N-dealkylation sites (N-methyl/N-ethyl adjacent to an activating group) is 1. The zero-order valence-electron chi connectivity index (χ0n) is 20.7. The van der Waals surface area contributed by atoms with Crippen molar-refractivity contribution in [3.8, 4) is 0 Å². The van der Waals surface area contributed by atoms with E-state index in [-0.39, 0.29) is 17.2 Å². The fourth-order valence-electron chi connectivity index (χ4n) is 4.09. The number of piperazine rings is 1. The number of nitrogens with one attached hydrogen (secondary N) is 2. The van der Waals surface area contributed by atoms with E-state index in [2.05, 4.69) is 15.6 Å². The predicted molar refractivity (Wildman–Crippen MR) is 141 cm³/mol. The normalized spacial score (nSPS) is 14.9. The highest BCUT2D eigenvalue weighted by Gasteiger charge is 2.20. The molecule has 3 aromatic carbocycles. The quantitative estimate of drug-likeness (QED) is 0.409. The van der Waals surface area contributed by atoms with Crippen molar-refractivity contribution in [3.05, 3.63) is 83.4 Å². The van der Waals surface area contributed by atoms with Gasteiger partial charge in [0, 0.05) is 37.8 Å². The van der Waals surface area contributed by atoms with Crippen molar-refractivity contribution in [3.63, 3.8) is 0 Å². The number of carbonyl (C=O) groups is 3.